The van der Waals surface area contributed by atoms with E-state index in [1.54, 1.807) is 0 Å². The molecule has 1 heterocycles. The number of nitrogens with two attached hydrogens (primary N) is 1. The van der Waals surface area contributed by atoms with E-state index in [1.165, 1.54) is 12.2 Å². The number of benzene rings is 1. The van der Waals surface area contributed by atoms with E-state index in [9.17, 15) is 21.6 Å². The zero-order valence-electron chi connectivity index (χ0n) is 8.90. The van der Waals surface area contributed by atoms with E-state index in [0.29, 0.717) is 0 Å². The first kappa shape index (κ1) is 12.7. The summed E-state index contributed by atoms with van der Waals surface area (Å²) < 4.78 is 60.4. The average molecular weight is 275 g/mol. The SMILES string of the molecule is NC1=CC=C(c2ccc(C(F)(F)F)cc2)S1(=O)=O. The van der Waals surface area contributed by atoms with Gasteiger partial charge in [-0.3, -0.25) is 0 Å². The molecule has 0 bridgehead atoms. The maximum atomic E-state index is 12.3. The topological polar surface area (TPSA) is 60.2 Å². The smallest absolute Gasteiger partial charge is 0.389 e. The largest absolute Gasteiger partial charge is 0.416 e. The second kappa shape index (κ2) is 3.88. The molecule has 0 saturated heterocycles. The van der Waals surface area contributed by atoms with Crippen LogP contribution in [0.4, 0.5) is 13.2 Å². The van der Waals surface area contributed by atoms with Crippen LogP contribution in [0.1, 0.15) is 11.1 Å². The van der Waals surface area contributed by atoms with Crippen LogP contribution in [0.5, 0.6) is 0 Å². The third kappa shape index (κ3) is 2.01. The van der Waals surface area contributed by atoms with E-state index >= 15 is 0 Å². The zero-order valence-corrected chi connectivity index (χ0v) is 9.72. The van der Waals surface area contributed by atoms with Crippen molar-refractivity contribution in [2.24, 2.45) is 5.73 Å². The third-order valence-electron chi connectivity index (χ3n) is 2.50. The van der Waals surface area contributed by atoms with E-state index in [2.05, 4.69) is 0 Å². The Morgan fingerprint density at radius 2 is 1.56 bits per heavy atom. The monoisotopic (exact) mass is 275 g/mol. The number of hydrogen-bond acceptors (Lipinski definition) is 3. The molecule has 0 saturated carbocycles. The van der Waals surface area contributed by atoms with Crippen LogP contribution in [0, 0.1) is 0 Å². The first-order valence-corrected chi connectivity index (χ1v) is 6.31. The predicted octanol–water partition coefficient (Wildman–Crippen LogP) is 2.27. The van der Waals surface area contributed by atoms with Crippen LogP contribution in [-0.4, -0.2) is 8.42 Å². The molecule has 0 aromatic heterocycles. The van der Waals surface area contributed by atoms with Crippen molar-refractivity contribution in [1.82, 2.24) is 0 Å². The van der Waals surface area contributed by atoms with Crippen molar-refractivity contribution in [3.05, 3.63) is 52.6 Å². The second-order valence-electron chi connectivity index (χ2n) is 3.68. The molecule has 0 amide bonds. The molecule has 3 nitrogen and oxygen atoms in total. The van der Waals surface area contributed by atoms with Gasteiger partial charge in [-0.05, 0) is 29.8 Å². The van der Waals surface area contributed by atoms with Gasteiger partial charge in [0, 0.05) is 0 Å². The number of sulfone groups is 1. The summed E-state index contributed by atoms with van der Waals surface area (Å²) in [5, 5.41) is -0.308. The summed E-state index contributed by atoms with van der Waals surface area (Å²) in [5.41, 5.74) is 4.63. The molecule has 18 heavy (non-hydrogen) atoms. The van der Waals surface area contributed by atoms with Crippen molar-refractivity contribution in [2.45, 2.75) is 6.18 Å². The van der Waals surface area contributed by atoms with E-state index in [1.807, 2.05) is 0 Å². The molecule has 1 aliphatic heterocycles. The van der Waals surface area contributed by atoms with Gasteiger partial charge in [0.25, 0.3) is 0 Å². The molecule has 0 fully saturated rings. The highest BCUT2D eigenvalue weighted by molar-refractivity contribution is 8.04. The van der Waals surface area contributed by atoms with Crippen LogP contribution in [-0.2, 0) is 16.0 Å². The minimum Gasteiger partial charge on any atom is -0.389 e. The fraction of sp³-hybridized carbons (Fsp3) is 0.0909. The summed E-state index contributed by atoms with van der Waals surface area (Å²) in [6.45, 7) is 0. The van der Waals surface area contributed by atoms with E-state index in [0.717, 1.165) is 24.3 Å². The normalized spacial score (nSPS) is 18.4. The van der Waals surface area contributed by atoms with Crippen molar-refractivity contribution >= 4 is 14.7 Å². The quantitative estimate of drug-likeness (QED) is 0.855. The molecule has 0 spiro atoms. The van der Waals surface area contributed by atoms with Crippen molar-refractivity contribution < 1.29 is 21.6 Å². The Bertz CT molecular complexity index is 640. The maximum Gasteiger partial charge on any atom is 0.416 e. The third-order valence-corrected chi connectivity index (χ3v) is 4.20. The Labute approximate surface area is 101 Å². The Kier molecular flexibility index (Phi) is 2.73. The average Bonchev–Trinajstić information content (AvgIpc) is 2.53. The fourth-order valence-corrected chi connectivity index (χ4v) is 2.73. The van der Waals surface area contributed by atoms with Crippen LogP contribution >= 0.6 is 0 Å². The highest BCUT2D eigenvalue weighted by Gasteiger charge is 2.31. The molecule has 0 unspecified atom stereocenters. The second-order valence-corrected chi connectivity index (χ2v) is 5.60. The minimum absolute atomic E-state index is 0.0891. The summed E-state index contributed by atoms with van der Waals surface area (Å²) in [6, 6.07) is 3.89. The van der Waals surface area contributed by atoms with Crippen LogP contribution in [0.25, 0.3) is 4.91 Å². The van der Waals surface area contributed by atoms with Crippen LogP contribution in [0.15, 0.2) is 41.4 Å². The lowest BCUT2D eigenvalue weighted by atomic mass is 10.1. The van der Waals surface area contributed by atoms with Crippen LogP contribution in [0.2, 0.25) is 0 Å². The molecule has 0 atom stereocenters. The van der Waals surface area contributed by atoms with Gasteiger partial charge in [-0.2, -0.15) is 13.2 Å². The van der Waals surface area contributed by atoms with Crippen molar-refractivity contribution in [3.63, 3.8) is 0 Å². The van der Waals surface area contributed by atoms with Gasteiger partial charge in [0.05, 0.1) is 10.5 Å². The summed E-state index contributed by atoms with van der Waals surface area (Å²) in [6.07, 6.45) is -1.96. The number of alkyl halides is 3. The number of halogens is 3. The van der Waals surface area contributed by atoms with Crippen molar-refractivity contribution in [3.8, 4) is 0 Å². The molecule has 0 radical (unpaired) electrons. The molecule has 7 heteroatoms. The Balaban J connectivity index is 2.40. The lowest BCUT2D eigenvalue weighted by molar-refractivity contribution is -0.137. The zero-order chi connectivity index (χ0) is 13.6. The Hall–Kier alpha value is -1.76. The molecular formula is C11H8F3NO2S. The van der Waals surface area contributed by atoms with E-state index in [4.69, 9.17) is 5.73 Å². The molecular weight excluding hydrogens is 267 g/mol. The molecule has 1 aliphatic rings. The molecule has 0 aliphatic carbocycles. The van der Waals surface area contributed by atoms with Gasteiger partial charge in [-0.1, -0.05) is 12.1 Å². The van der Waals surface area contributed by atoms with Gasteiger partial charge in [0.15, 0.2) is 0 Å². The summed E-state index contributed by atoms with van der Waals surface area (Å²) in [4.78, 5) is -0.0891. The van der Waals surface area contributed by atoms with Gasteiger partial charge in [0.2, 0.25) is 9.84 Å². The van der Waals surface area contributed by atoms with Gasteiger partial charge in [-0.15, -0.1) is 0 Å². The highest BCUT2D eigenvalue weighted by Crippen LogP contribution is 2.33. The number of allylic oxidation sites excluding steroid dienone is 2. The molecule has 2 rings (SSSR count). The minimum atomic E-state index is -4.45. The van der Waals surface area contributed by atoms with Crippen molar-refractivity contribution in [1.29, 1.82) is 0 Å². The fourth-order valence-electron chi connectivity index (χ4n) is 1.54. The number of hydrogen-bond donors (Lipinski definition) is 1. The van der Waals surface area contributed by atoms with E-state index < -0.39 is 21.6 Å². The lowest BCUT2D eigenvalue weighted by Crippen LogP contribution is -2.10. The number of rotatable bonds is 1. The summed E-state index contributed by atoms with van der Waals surface area (Å²) in [7, 11) is -3.75. The van der Waals surface area contributed by atoms with E-state index in [-0.39, 0.29) is 15.5 Å². The molecule has 1 aromatic carbocycles. The summed E-state index contributed by atoms with van der Waals surface area (Å²) >= 11 is 0. The van der Waals surface area contributed by atoms with Crippen LogP contribution < -0.4 is 5.73 Å². The van der Waals surface area contributed by atoms with Gasteiger partial charge in [-0.25, -0.2) is 8.42 Å². The predicted molar refractivity (Wildman–Crippen MR) is 60.6 cm³/mol. The first-order valence-electron chi connectivity index (χ1n) is 4.83. The summed E-state index contributed by atoms with van der Waals surface area (Å²) in [5.74, 6) is 0. The van der Waals surface area contributed by atoms with Crippen molar-refractivity contribution in [2.75, 3.05) is 0 Å². The van der Waals surface area contributed by atoms with Gasteiger partial charge < -0.3 is 5.73 Å². The lowest BCUT2D eigenvalue weighted by Gasteiger charge is -2.08. The van der Waals surface area contributed by atoms with Crippen LogP contribution in [0.3, 0.4) is 0 Å². The van der Waals surface area contributed by atoms with Gasteiger partial charge in [0.1, 0.15) is 5.03 Å². The highest BCUT2D eigenvalue weighted by atomic mass is 32.2. The Morgan fingerprint density at radius 3 is 1.94 bits per heavy atom. The molecule has 1 aromatic rings. The standard InChI is InChI=1S/C11H8F3NO2S/c12-11(13,14)8-3-1-7(2-4-8)9-5-6-10(15)18(9,16)17/h1-6H,15H2. The molecule has 2 N–H and O–H groups in total. The molecule has 96 valence electrons. The Morgan fingerprint density at radius 1 is 1.00 bits per heavy atom. The van der Waals surface area contributed by atoms with Gasteiger partial charge >= 0.3 is 6.18 Å². The maximum absolute atomic E-state index is 12.3. The first-order chi connectivity index (χ1) is 8.23.